The van der Waals surface area contributed by atoms with Crippen LogP contribution in [0.15, 0.2) is 67.0 Å². The van der Waals surface area contributed by atoms with Gasteiger partial charge in [0.2, 0.25) is 5.91 Å². The second-order valence-electron chi connectivity index (χ2n) is 23.2. The van der Waals surface area contributed by atoms with Crippen molar-refractivity contribution in [3.63, 3.8) is 0 Å². The number of methoxy groups -OCH3 is 1. The van der Waals surface area contributed by atoms with Gasteiger partial charge in [0, 0.05) is 133 Å². The summed E-state index contributed by atoms with van der Waals surface area (Å²) in [7, 11) is 3.34. The Morgan fingerprint density at radius 2 is 1.61 bits per heavy atom. The highest BCUT2D eigenvalue weighted by molar-refractivity contribution is 5.95. The number of halogens is 2. The normalized spacial score (nSPS) is 22.4. The van der Waals surface area contributed by atoms with E-state index >= 15 is 0 Å². The zero-order valence-corrected chi connectivity index (χ0v) is 45.2. The van der Waals surface area contributed by atoms with Crippen LogP contribution in [0.3, 0.4) is 0 Å². The molecule has 2 saturated carbocycles. The number of benzene rings is 3. The van der Waals surface area contributed by atoms with Crippen molar-refractivity contribution < 1.29 is 27.8 Å². The predicted octanol–water partition coefficient (Wildman–Crippen LogP) is 10.6. The van der Waals surface area contributed by atoms with Crippen molar-refractivity contribution in [1.82, 2.24) is 34.7 Å². The molecule has 0 spiro atoms. The summed E-state index contributed by atoms with van der Waals surface area (Å²) in [5, 5.41) is 22.5. The summed E-state index contributed by atoms with van der Waals surface area (Å²) < 4.78 is 45.6. The molecule has 1 saturated heterocycles. The van der Waals surface area contributed by atoms with E-state index in [1.807, 2.05) is 23.1 Å². The SMILES string of the molecule is COc1cc(OC2C(C)(C)C(NC(=O)c3ccc(N4CCC(N(C(C)C)C5CCC(n6nc(N7CCCc8cc(-c9cnn(C)c9)c(C(F)F)cc87)c7c6CCN(C(C)=O)C7)CC5)CC4)cc3)C2(C)C)ccc1C#N. The number of alkyl halides is 2. The molecule has 0 atom stereocenters. The highest BCUT2D eigenvalue weighted by atomic mass is 19.3. The summed E-state index contributed by atoms with van der Waals surface area (Å²) in [5.41, 5.74) is 6.69. The molecule has 2 amide bonds. The van der Waals surface area contributed by atoms with Crippen molar-refractivity contribution in [3.05, 3.63) is 101 Å². The van der Waals surface area contributed by atoms with Gasteiger partial charge >= 0.3 is 0 Å². The molecule has 14 nitrogen and oxygen atoms in total. The molecule has 5 aromatic rings. The van der Waals surface area contributed by atoms with Crippen LogP contribution in [0.1, 0.15) is 144 Å². The Kier molecular flexibility index (Phi) is 14.3. The maximum atomic E-state index is 14.9. The van der Waals surface area contributed by atoms with E-state index in [-0.39, 0.29) is 46.4 Å². The topological polar surface area (TPSA) is 137 Å². The van der Waals surface area contributed by atoms with Crippen LogP contribution in [0.4, 0.5) is 26.0 Å². The van der Waals surface area contributed by atoms with E-state index in [2.05, 4.69) is 89.5 Å². The molecular weight excluding hydrogens is 951 g/mol. The first-order valence-electron chi connectivity index (χ1n) is 27.1. The van der Waals surface area contributed by atoms with Gasteiger partial charge in [0.25, 0.3) is 12.3 Å². The second kappa shape index (κ2) is 20.6. The predicted molar refractivity (Wildman–Crippen MR) is 287 cm³/mol. The summed E-state index contributed by atoms with van der Waals surface area (Å²) in [6.07, 6.45) is 9.19. The van der Waals surface area contributed by atoms with Gasteiger partial charge in [-0.25, -0.2) is 8.78 Å². The second-order valence-corrected chi connectivity index (χ2v) is 23.2. The first kappa shape index (κ1) is 52.0. The fourth-order valence-corrected chi connectivity index (χ4v) is 14.1. The fraction of sp³-hybridized carbons (Fsp3) is 0.542. The van der Waals surface area contributed by atoms with E-state index < -0.39 is 6.43 Å². The Morgan fingerprint density at radius 1 is 0.907 bits per heavy atom. The number of ether oxygens (including phenoxy) is 2. The number of piperidine rings is 1. The Labute approximate surface area is 440 Å². The molecule has 2 aliphatic carbocycles. The molecule has 0 unspecified atom stereocenters. The Balaban J connectivity index is 0.777. The third kappa shape index (κ3) is 9.74. The molecule has 5 aliphatic rings. The molecule has 10 rings (SSSR count). The lowest BCUT2D eigenvalue weighted by molar-refractivity contribution is -0.164. The average molecular weight is 1030 g/mol. The van der Waals surface area contributed by atoms with Crippen LogP contribution in [-0.4, -0.2) is 105 Å². The molecule has 3 aromatic carbocycles. The lowest BCUT2D eigenvalue weighted by atomic mass is 9.49. The maximum Gasteiger partial charge on any atom is 0.264 e. The molecule has 2 aromatic heterocycles. The molecule has 1 N–H and O–H groups in total. The Morgan fingerprint density at radius 3 is 2.24 bits per heavy atom. The zero-order chi connectivity index (χ0) is 53.1. The van der Waals surface area contributed by atoms with Crippen molar-refractivity contribution in [3.8, 4) is 28.7 Å². The van der Waals surface area contributed by atoms with E-state index in [0.29, 0.717) is 77.9 Å². The van der Waals surface area contributed by atoms with Gasteiger partial charge in [-0.1, -0.05) is 27.7 Å². The largest absolute Gasteiger partial charge is 0.495 e. The van der Waals surface area contributed by atoms with Crippen molar-refractivity contribution in [2.24, 2.45) is 17.9 Å². The maximum absolute atomic E-state index is 14.9. The number of carbonyl (C=O) groups is 2. The van der Waals surface area contributed by atoms with E-state index in [1.165, 1.54) is 5.69 Å². The summed E-state index contributed by atoms with van der Waals surface area (Å²) >= 11 is 0. The molecular formula is C59H74F2N10O4. The summed E-state index contributed by atoms with van der Waals surface area (Å²) in [4.78, 5) is 35.9. The van der Waals surface area contributed by atoms with Crippen molar-refractivity contribution in [2.75, 3.05) is 43.1 Å². The Bertz CT molecular complexity index is 2940. The van der Waals surface area contributed by atoms with Crippen LogP contribution >= 0.6 is 0 Å². The number of hydrogen-bond acceptors (Lipinski definition) is 10. The lowest BCUT2D eigenvalue weighted by Gasteiger charge is -2.63. The molecule has 3 fully saturated rings. The standard InChI is InChI=1S/C59H74F2N10O4/c1-36(2)70(44-22-26-67(27-23-44)42-15-12-38(13-16-42)55(73)64-56-58(4,5)57(59(56,6)7)75-46-21-14-40(32-62)52(30-46)74-9)43-17-19-45(20-18-43)71-50-24-28-68(37(3)72)35-49(50)54(65-71)69-25-10-11-39-29-47(41-33-63-66(8)34-41)48(53(60)61)31-51(39)69/h12-16,21,29-31,33-34,36,43-45,53,56-57H,10-11,17-20,22-28,35H2,1-9H3,(H,64,73). The van der Waals surface area contributed by atoms with E-state index in [9.17, 15) is 23.6 Å². The zero-order valence-electron chi connectivity index (χ0n) is 45.2. The minimum atomic E-state index is -2.66. The van der Waals surface area contributed by atoms with Gasteiger partial charge in [-0.05, 0) is 125 Å². The van der Waals surface area contributed by atoms with Crippen LogP contribution in [0.2, 0.25) is 0 Å². The van der Waals surface area contributed by atoms with Crippen molar-refractivity contribution >= 4 is 29.0 Å². The number of aromatic nitrogens is 4. The van der Waals surface area contributed by atoms with E-state index in [4.69, 9.17) is 14.6 Å². The third-order valence-electron chi connectivity index (χ3n) is 17.5. The highest BCUT2D eigenvalue weighted by Gasteiger charge is 2.64. The van der Waals surface area contributed by atoms with Gasteiger partial charge in [0.1, 0.15) is 23.7 Å². The fourth-order valence-electron chi connectivity index (χ4n) is 14.1. The van der Waals surface area contributed by atoms with Gasteiger partial charge < -0.3 is 29.5 Å². The number of aryl methyl sites for hydroxylation is 2. The van der Waals surface area contributed by atoms with Crippen molar-refractivity contribution in [1.29, 1.82) is 5.26 Å². The quantitative estimate of drug-likeness (QED) is 0.121. The van der Waals surface area contributed by atoms with Crippen LogP contribution < -0.4 is 24.6 Å². The molecule has 0 bridgehead atoms. The van der Waals surface area contributed by atoms with Gasteiger partial charge in [-0.3, -0.25) is 23.9 Å². The number of carbonyl (C=O) groups excluding carboxylic acids is 2. The minimum Gasteiger partial charge on any atom is -0.495 e. The highest BCUT2D eigenvalue weighted by Crippen LogP contribution is 2.56. The number of hydrogen-bond donors (Lipinski definition) is 1. The molecule has 16 heteroatoms. The smallest absolute Gasteiger partial charge is 0.264 e. The molecule has 3 aliphatic heterocycles. The number of nitrogens with one attached hydrogen (secondary N) is 1. The van der Waals surface area contributed by atoms with Gasteiger partial charge in [-0.2, -0.15) is 15.5 Å². The monoisotopic (exact) mass is 1020 g/mol. The minimum absolute atomic E-state index is 0.00798. The number of nitriles is 1. The number of rotatable bonds is 13. The van der Waals surface area contributed by atoms with Crippen LogP contribution in [0.5, 0.6) is 11.5 Å². The molecule has 75 heavy (non-hydrogen) atoms. The summed E-state index contributed by atoms with van der Waals surface area (Å²) in [5.74, 6) is 1.82. The molecule has 398 valence electrons. The number of anilines is 3. The van der Waals surface area contributed by atoms with E-state index in [0.717, 1.165) is 92.8 Å². The first-order chi connectivity index (χ1) is 35.9. The number of fused-ring (bicyclic) bond motifs is 2. The van der Waals surface area contributed by atoms with Crippen LogP contribution in [0, 0.1) is 22.2 Å². The number of nitrogens with zero attached hydrogens (tertiary/aromatic N) is 9. The van der Waals surface area contributed by atoms with Gasteiger partial charge in [0.15, 0.2) is 5.82 Å². The lowest BCUT2D eigenvalue weighted by Crippen LogP contribution is -2.74. The molecule has 0 radical (unpaired) electrons. The third-order valence-corrected chi connectivity index (χ3v) is 17.5. The molecule has 5 heterocycles. The summed E-state index contributed by atoms with van der Waals surface area (Å²) in [6, 6.07) is 20.5. The first-order valence-corrected chi connectivity index (χ1v) is 27.1. The number of amides is 2. The van der Waals surface area contributed by atoms with Gasteiger partial charge in [-0.15, -0.1) is 0 Å². The summed E-state index contributed by atoms with van der Waals surface area (Å²) in [6.45, 7) is 18.4. The van der Waals surface area contributed by atoms with Crippen LogP contribution in [-0.2, 0) is 31.2 Å². The average Bonchev–Trinajstić information content (AvgIpc) is 4.09. The van der Waals surface area contributed by atoms with Crippen molar-refractivity contribution in [2.45, 2.75) is 156 Å². The van der Waals surface area contributed by atoms with E-state index in [1.54, 1.807) is 62.4 Å². The van der Waals surface area contributed by atoms with Crippen LogP contribution in [0.25, 0.3) is 11.1 Å². The Hall–Kier alpha value is -6.47. The van der Waals surface area contributed by atoms with Gasteiger partial charge in [0.05, 0.1) is 31.5 Å².